The second kappa shape index (κ2) is 5.83. The molecule has 0 unspecified atom stereocenters. The molecule has 1 aromatic heterocycles. The third kappa shape index (κ3) is 3.06. The number of anilines is 1. The van der Waals surface area contributed by atoms with Gasteiger partial charge in [-0.3, -0.25) is 4.79 Å². The van der Waals surface area contributed by atoms with E-state index in [9.17, 15) is 4.79 Å². The molecule has 1 aromatic carbocycles. The van der Waals surface area contributed by atoms with Crippen LogP contribution in [0, 0.1) is 0 Å². The molecule has 0 aliphatic heterocycles. The summed E-state index contributed by atoms with van der Waals surface area (Å²) in [4.78, 5) is 15.4. The summed E-state index contributed by atoms with van der Waals surface area (Å²) in [6, 6.07) is 7.28. The summed E-state index contributed by atoms with van der Waals surface area (Å²) in [5.74, 6) is 0.858. The van der Waals surface area contributed by atoms with Gasteiger partial charge in [0.25, 0.3) is 5.89 Å². The van der Waals surface area contributed by atoms with Gasteiger partial charge < -0.3 is 15.6 Å². The van der Waals surface area contributed by atoms with Gasteiger partial charge in [-0.2, -0.15) is 4.98 Å². The van der Waals surface area contributed by atoms with Gasteiger partial charge >= 0.3 is 0 Å². The van der Waals surface area contributed by atoms with Crippen LogP contribution < -0.4 is 11.1 Å². The fraction of sp³-hybridized carbons (Fsp3) is 0.357. The maximum Gasteiger partial charge on any atom is 0.258 e. The topological polar surface area (TPSA) is 94.0 Å². The summed E-state index contributed by atoms with van der Waals surface area (Å²) in [5.41, 5.74) is 7.19. The quantitative estimate of drug-likeness (QED) is 0.908. The van der Waals surface area contributed by atoms with E-state index in [4.69, 9.17) is 10.3 Å². The van der Waals surface area contributed by atoms with Crippen LogP contribution in [-0.2, 0) is 10.3 Å². The molecule has 1 heterocycles. The van der Waals surface area contributed by atoms with Crippen molar-refractivity contribution >= 4 is 24.0 Å². The van der Waals surface area contributed by atoms with Crippen LogP contribution in [0.3, 0.4) is 0 Å². The standard InChI is InChI=1S/C14H16N4O2.ClH/c1-9(19)16-11-5-2-4-10(8-11)12-17-13(18-20-12)14(15)6-3-7-14;/h2,4-5,8H,3,6-7,15H2,1H3,(H,16,19);1H. The Labute approximate surface area is 128 Å². The molecule has 1 saturated carbocycles. The van der Waals surface area contributed by atoms with Gasteiger partial charge in [0, 0.05) is 18.2 Å². The Morgan fingerprint density at radius 2 is 2.19 bits per heavy atom. The summed E-state index contributed by atoms with van der Waals surface area (Å²) in [6.07, 6.45) is 2.87. The highest BCUT2D eigenvalue weighted by atomic mass is 35.5. The molecule has 1 aliphatic carbocycles. The van der Waals surface area contributed by atoms with E-state index in [2.05, 4.69) is 15.5 Å². The molecule has 1 aliphatic rings. The minimum atomic E-state index is -0.434. The normalized spacial score (nSPS) is 15.7. The van der Waals surface area contributed by atoms with E-state index in [0.717, 1.165) is 24.8 Å². The number of hydrogen-bond donors (Lipinski definition) is 2. The first-order chi connectivity index (χ1) is 9.57. The molecule has 0 saturated heterocycles. The first-order valence-corrected chi connectivity index (χ1v) is 6.58. The summed E-state index contributed by atoms with van der Waals surface area (Å²) < 4.78 is 5.28. The molecule has 21 heavy (non-hydrogen) atoms. The monoisotopic (exact) mass is 308 g/mol. The van der Waals surface area contributed by atoms with E-state index in [1.807, 2.05) is 12.1 Å². The molecular weight excluding hydrogens is 292 g/mol. The van der Waals surface area contributed by atoms with Crippen molar-refractivity contribution < 1.29 is 9.32 Å². The average molecular weight is 309 g/mol. The number of benzene rings is 1. The van der Waals surface area contributed by atoms with Gasteiger partial charge in [-0.1, -0.05) is 11.2 Å². The Hall–Kier alpha value is -1.92. The molecule has 0 spiro atoms. The number of hydrogen-bond acceptors (Lipinski definition) is 5. The van der Waals surface area contributed by atoms with E-state index in [1.165, 1.54) is 6.92 Å². The zero-order chi connectivity index (χ0) is 14.2. The highest BCUT2D eigenvalue weighted by Crippen LogP contribution is 2.37. The fourth-order valence-corrected chi connectivity index (χ4v) is 2.26. The molecule has 3 rings (SSSR count). The van der Waals surface area contributed by atoms with Crippen molar-refractivity contribution in [3.05, 3.63) is 30.1 Å². The van der Waals surface area contributed by atoms with Gasteiger partial charge in [0.2, 0.25) is 5.91 Å². The predicted molar refractivity (Wildman–Crippen MR) is 81.0 cm³/mol. The number of nitrogens with one attached hydrogen (secondary N) is 1. The molecule has 7 heteroatoms. The van der Waals surface area contributed by atoms with Crippen molar-refractivity contribution in [2.24, 2.45) is 5.73 Å². The van der Waals surface area contributed by atoms with Gasteiger partial charge in [-0.15, -0.1) is 12.4 Å². The van der Waals surface area contributed by atoms with Gasteiger partial charge in [-0.25, -0.2) is 0 Å². The van der Waals surface area contributed by atoms with Crippen LogP contribution in [0.2, 0.25) is 0 Å². The van der Waals surface area contributed by atoms with Crippen molar-refractivity contribution in [3.63, 3.8) is 0 Å². The maximum absolute atomic E-state index is 11.1. The molecule has 2 aromatic rings. The van der Waals surface area contributed by atoms with Crippen molar-refractivity contribution in [2.45, 2.75) is 31.7 Å². The summed E-state index contributed by atoms with van der Waals surface area (Å²) in [6.45, 7) is 1.46. The lowest BCUT2D eigenvalue weighted by atomic mass is 9.77. The lowest BCUT2D eigenvalue weighted by molar-refractivity contribution is -0.114. The summed E-state index contributed by atoms with van der Waals surface area (Å²) in [5, 5.41) is 6.70. The van der Waals surface area contributed by atoms with E-state index in [-0.39, 0.29) is 18.3 Å². The Morgan fingerprint density at radius 3 is 2.81 bits per heavy atom. The van der Waals surface area contributed by atoms with Gasteiger partial charge in [0.15, 0.2) is 5.82 Å². The third-order valence-corrected chi connectivity index (χ3v) is 3.55. The number of nitrogens with zero attached hydrogens (tertiary/aromatic N) is 2. The lowest BCUT2D eigenvalue weighted by Crippen LogP contribution is -2.44. The van der Waals surface area contributed by atoms with Crippen molar-refractivity contribution in [1.82, 2.24) is 10.1 Å². The summed E-state index contributed by atoms with van der Waals surface area (Å²) in [7, 11) is 0. The highest BCUT2D eigenvalue weighted by molar-refractivity contribution is 5.89. The van der Waals surface area contributed by atoms with Crippen molar-refractivity contribution in [3.8, 4) is 11.5 Å². The van der Waals surface area contributed by atoms with Crippen LogP contribution in [-0.4, -0.2) is 16.0 Å². The lowest BCUT2D eigenvalue weighted by Gasteiger charge is -2.34. The Morgan fingerprint density at radius 1 is 1.43 bits per heavy atom. The number of halogens is 1. The molecule has 3 N–H and O–H groups in total. The number of carbonyl (C=O) groups excluding carboxylic acids is 1. The number of nitrogens with two attached hydrogens (primary N) is 1. The number of amides is 1. The average Bonchev–Trinajstić information content (AvgIpc) is 2.85. The zero-order valence-corrected chi connectivity index (χ0v) is 12.4. The molecular formula is C14H17ClN4O2. The van der Waals surface area contributed by atoms with E-state index in [0.29, 0.717) is 17.4 Å². The van der Waals surface area contributed by atoms with E-state index >= 15 is 0 Å². The SMILES string of the molecule is CC(=O)Nc1cccc(-c2nc(C3(N)CCC3)no2)c1.Cl. The van der Waals surface area contributed by atoms with Crippen LogP contribution >= 0.6 is 12.4 Å². The number of carbonyl (C=O) groups is 1. The maximum atomic E-state index is 11.1. The zero-order valence-electron chi connectivity index (χ0n) is 11.6. The Bertz CT molecular complexity index is 652. The number of rotatable bonds is 3. The minimum absolute atomic E-state index is 0. The molecule has 1 fully saturated rings. The van der Waals surface area contributed by atoms with Gasteiger partial charge in [-0.05, 0) is 37.5 Å². The molecule has 0 radical (unpaired) electrons. The molecule has 1 amide bonds. The largest absolute Gasteiger partial charge is 0.334 e. The first kappa shape index (κ1) is 15.5. The van der Waals surface area contributed by atoms with Crippen LogP contribution in [0.5, 0.6) is 0 Å². The molecule has 112 valence electrons. The predicted octanol–water partition coefficient (Wildman–Crippen LogP) is 2.45. The van der Waals surface area contributed by atoms with Gasteiger partial charge in [0.1, 0.15) is 0 Å². The highest BCUT2D eigenvalue weighted by Gasteiger charge is 2.39. The van der Waals surface area contributed by atoms with E-state index in [1.54, 1.807) is 12.1 Å². The number of aromatic nitrogens is 2. The third-order valence-electron chi connectivity index (χ3n) is 3.55. The van der Waals surface area contributed by atoms with Crippen LogP contribution in [0.4, 0.5) is 5.69 Å². The Balaban J connectivity index is 0.00000161. The van der Waals surface area contributed by atoms with E-state index < -0.39 is 5.54 Å². The fourth-order valence-electron chi connectivity index (χ4n) is 2.26. The van der Waals surface area contributed by atoms with Crippen LogP contribution in [0.1, 0.15) is 32.0 Å². The molecule has 6 nitrogen and oxygen atoms in total. The second-order valence-electron chi connectivity index (χ2n) is 5.19. The molecule has 0 bridgehead atoms. The van der Waals surface area contributed by atoms with Crippen LogP contribution in [0.15, 0.2) is 28.8 Å². The van der Waals surface area contributed by atoms with Gasteiger partial charge in [0.05, 0.1) is 5.54 Å². The second-order valence-corrected chi connectivity index (χ2v) is 5.19. The van der Waals surface area contributed by atoms with Crippen LogP contribution in [0.25, 0.3) is 11.5 Å². The first-order valence-electron chi connectivity index (χ1n) is 6.58. The minimum Gasteiger partial charge on any atom is -0.334 e. The summed E-state index contributed by atoms with van der Waals surface area (Å²) >= 11 is 0. The smallest absolute Gasteiger partial charge is 0.258 e. The molecule has 0 atom stereocenters. The Kier molecular flexibility index (Phi) is 4.29. The van der Waals surface area contributed by atoms with Crippen molar-refractivity contribution in [2.75, 3.05) is 5.32 Å². The van der Waals surface area contributed by atoms with Crippen molar-refractivity contribution in [1.29, 1.82) is 0 Å².